The van der Waals surface area contributed by atoms with Gasteiger partial charge in [0.2, 0.25) is 0 Å². The number of halogens is 2. The lowest BCUT2D eigenvalue weighted by atomic mass is 10.1. The van der Waals surface area contributed by atoms with Crippen LogP contribution in [-0.2, 0) is 0 Å². The van der Waals surface area contributed by atoms with Crippen LogP contribution in [0.5, 0.6) is 0 Å². The van der Waals surface area contributed by atoms with Gasteiger partial charge in [0.15, 0.2) is 0 Å². The highest BCUT2D eigenvalue weighted by atomic mass is 32.1. The second-order valence-electron chi connectivity index (χ2n) is 6.22. The zero-order chi connectivity index (χ0) is 17.1. The molecule has 24 heavy (non-hydrogen) atoms. The van der Waals surface area contributed by atoms with Gasteiger partial charge in [0.05, 0.1) is 24.0 Å². The molecule has 6 heteroatoms. The van der Waals surface area contributed by atoms with Crippen molar-refractivity contribution in [2.75, 3.05) is 13.1 Å². The quantitative estimate of drug-likeness (QED) is 0.853. The van der Waals surface area contributed by atoms with E-state index in [-0.39, 0.29) is 12.1 Å². The molecule has 3 rings (SSSR count). The third-order valence-electron chi connectivity index (χ3n) is 4.58. The maximum Gasteiger partial charge on any atom is 0.257 e. The van der Waals surface area contributed by atoms with Gasteiger partial charge in [0.25, 0.3) is 5.91 Å². The first-order valence-corrected chi connectivity index (χ1v) is 9.08. The average Bonchev–Trinajstić information content (AvgIpc) is 3.21. The molecule has 2 aromatic rings. The van der Waals surface area contributed by atoms with Crippen LogP contribution in [0.1, 0.15) is 41.0 Å². The van der Waals surface area contributed by atoms with Gasteiger partial charge >= 0.3 is 0 Å². The molecule has 1 amide bonds. The lowest BCUT2D eigenvalue weighted by molar-refractivity contribution is -0.920. The van der Waals surface area contributed by atoms with Gasteiger partial charge < -0.3 is 10.2 Å². The van der Waals surface area contributed by atoms with Crippen LogP contribution in [0.4, 0.5) is 8.78 Å². The summed E-state index contributed by atoms with van der Waals surface area (Å²) < 4.78 is 27.6. The number of likely N-dealkylation sites (tertiary alicyclic amines) is 1. The molecule has 2 atom stereocenters. The summed E-state index contributed by atoms with van der Waals surface area (Å²) in [6.07, 6.45) is 2.33. The topological polar surface area (TPSA) is 33.5 Å². The zero-order valence-corrected chi connectivity index (χ0v) is 14.3. The van der Waals surface area contributed by atoms with Gasteiger partial charge in [-0.2, -0.15) is 0 Å². The first-order valence-electron chi connectivity index (χ1n) is 8.21. The minimum Gasteiger partial charge on any atom is -0.343 e. The van der Waals surface area contributed by atoms with E-state index in [0.29, 0.717) is 0 Å². The number of nitrogens with one attached hydrogen (secondary N) is 2. The second-order valence-corrected chi connectivity index (χ2v) is 7.20. The Hall–Kier alpha value is -1.79. The van der Waals surface area contributed by atoms with E-state index in [1.807, 2.05) is 18.4 Å². The number of benzene rings is 1. The fourth-order valence-corrected chi connectivity index (χ4v) is 4.48. The van der Waals surface area contributed by atoms with Gasteiger partial charge in [-0.15, -0.1) is 11.3 Å². The Balaban J connectivity index is 1.80. The fraction of sp³-hybridized carbons (Fsp3) is 0.389. The number of hydrogen-bond acceptors (Lipinski definition) is 2. The molecule has 1 fully saturated rings. The summed E-state index contributed by atoms with van der Waals surface area (Å²) >= 11 is 1.66. The highest BCUT2D eigenvalue weighted by molar-refractivity contribution is 7.10. The Morgan fingerprint density at radius 2 is 1.83 bits per heavy atom. The van der Waals surface area contributed by atoms with Crippen molar-refractivity contribution in [1.29, 1.82) is 0 Å². The number of carbonyl (C=O) groups excluding carboxylic acids is 1. The molecule has 0 radical (unpaired) electrons. The van der Waals surface area contributed by atoms with Gasteiger partial charge in [0.1, 0.15) is 23.2 Å². The van der Waals surface area contributed by atoms with E-state index in [4.69, 9.17) is 0 Å². The zero-order valence-electron chi connectivity index (χ0n) is 13.5. The normalized spacial score (nSPS) is 17.6. The van der Waals surface area contributed by atoms with Gasteiger partial charge in [-0.3, -0.25) is 4.79 Å². The summed E-state index contributed by atoms with van der Waals surface area (Å²) in [7, 11) is 0. The van der Waals surface area contributed by atoms with Crippen molar-refractivity contribution < 1.29 is 18.5 Å². The van der Waals surface area contributed by atoms with E-state index in [2.05, 4.69) is 11.4 Å². The first kappa shape index (κ1) is 17.0. The van der Waals surface area contributed by atoms with E-state index < -0.39 is 23.1 Å². The van der Waals surface area contributed by atoms with Gasteiger partial charge in [-0.25, -0.2) is 8.78 Å². The molecule has 2 N–H and O–H groups in total. The molecule has 1 saturated heterocycles. The minimum atomic E-state index is -0.833. The monoisotopic (exact) mass is 351 g/mol. The van der Waals surface area contributed by atoms with Crippen molar-refractivity contribution in [3.8, 4) is 0 Å². The molecule has 1 aliphatic rings. The molecule has 0 spiro atoms. The maximum atomic E-state index is 13.8. The Bertz CT molecular complexity index is 679. The summed E-state index contributed by atoms with van der Waals surface area (Å²) in [5.74, 6) is -2.36. The maximum absolute atomic E-state index is 13.8. The van der Waals surface area contributed by atoms with Crippen LogP contribution < -0.4 is 10.2 Å². The predicted octanol–water partition coefficient (Wildman–Crippen LogP) is 2.56. The van der Waals surface area contributed by atoms with Crippen LogP contribution in [0.25, 0.3) is 0 Å². The van der Waals surface area contributed by atoms with Crippen molar-refractivity contribution in [3.05, 3.63) is 57.8 Å². The third kappa shape index (κ3) is 3.49. The van der Waals surface area contributed by atoms with E-state index in [9.17, 15) is 13.6 Å². The van der Waals surface area contributed by atoms with Crippen molar-refractivity contribution in [2.24, 2.45) is 0 Å². The summed E-state index contributed by atoms with van der Waals surface area (Å²) in [5.41, 5.74) is -0.509. The summed E-state index contributed by atoms with van der Waals surface area (Å²) in [6.45, 7) is 4.01. The van der Waals surface area contributed by atoms with Gasteiger partial charge in [-0.05, 0) is 30.5 Å². The summed E-state index contributed by atoms with van der Waals surface area (Å²) in [6, 6.07) is 7.40. The lowest BCUT2D eigenvalue weighted by Gasteiger charge is -2.29. The summed E-state index contributed by atoms with van der Waals surface area (Å²) in [4.78, 5) is 15.0. The number of carbonyl (C=O) groups is 1. The molecular weight excluding hydrogens is 330 g/mol. The smallest absolute Gasteiger partial charge is 0.257 e. The molecule has 0 saturated carbocycles. The Labute approximate surface area is 144 Å². The number of amides is 1. The highest BCUT2D eigenvalue weighted by Gasteiger charge is 2.34. The Morgan fingerprint density at radius 1 is 1.17 bits per heavy atom. The number of quaternary nitrogens is 1. The molecule has 0 aliphatic carbocycles. The predicted molar refractivity (Wildman–Crippen MR) is 90.3 cm³/mol. The fourth-order valence-electron chi connectivity index (χ4n) is 3.49. The van der Waals surface area contributed by atoms with E-state index in [1.54, 1.807) is 11.3 Å². The molecule has 128 valence electrons. The molecule has 2 heterocycles. The second kappa shape index (κ2) is 7.40. The Kier molecular flexibility index (Phi) is 5.26. The van der Waals surface area contributed by atoms with Crippen LogP contribution in [0.3, 0.4) is 0 Å². The van der Waals surface area contributed by atoms with Crippen molar-refractivity contribution in [2.45, 2.75) is 31.8 Å². The van der Waals surface area contributed by atoms with Gasteiger partial charge in [-0.1, -0.05) is 12.1 Å². The number of hydrogen-bond donors (Lipinski definition) is 2. The minimum absolute atomic E-state index is 0.103. The average molecular weight is 351 g/mol. The van der Waals surface area contributed by atoms with Crippen LogP contribution >= 0.6 is 11.3 Å². The molecular formula is C18H21F2N2OS+. The highest BCUT2D eigenvalue weighted by Crippen LogP contribution is 2.21. The van der Waals surface area contributed by atoms with Gasteiger partial charge in [0, 0.05) is 12.8 Å². The molecule has 0 bridgehead atoms. The Morgan fingerprint density at radius 3 is 2.42 bits per heavy atom. The van der Waals surface area contributed by atoms with E-state index in [0.717, 1.165) is 25.2 Å². The van der Waals surface area contributed by atoms with Crippen LogP contribution in [-0.4, -0.2) is 25.0 Å². The van der Waals surface area contributed by atoms with E-state index in [1.165, 1.54) is 28.7 Å². The summed E-state index contributed by atoms with van der Waals surface area (Å²) in [5, 5.41) is 4.83. The van der Waals surface area contributed by atoms with E-state index >= 15 is 0 Å². The van der Waals surface area contributed by atoms with Crippen molar-refractivity contribution >= 4 is 17.2 Å². The third-order valence-corrected chi connectivity index (χ3v) is 5.54. The lowest BCUT2D eigenvalue weighted by Crippen LogP contribution is -3.11. The molecule has 1 aliphatic heterocycles. The van der Waals surface area contributed by atoms with Crippen molar-refractivity contribution in [3.63, 3.8) is 0 Å². The number of rotatable bonds is 5. The largest absolute Gasteiger partial charge is 0.343 e. The molecule has 0 unspecified atom stereocenters. The van der Waals surface area contributed by atoms with Crippen LogP contribution in [0, 0.1) is 11.6 Å². The molecule has 1 aromatic carbocycles. The standard InChI is InChI=1S/C18H20F2N2OS/c1-12(21-18(23)16-13(19)6-4-7-14(16)20)17(15-8-5-11-24-15)22-9-2-3-10-22/h4-8,11-12,17H,2-3,9-10H2,1H3,(H,21,23)/p+1/t12-,17-/m0/s1. The molecule has 1 aromatic heterocycles. The van der Waals surface area contributed by atoms with Crippen molar-refractivity contribution in [1.82, 2.24) is 5.32 Å². The SMILES string of the molecule is C[C@H](NC(=O)c1c(F)cccc1F)[C@@H](c1cccs1)[NH+]1CCCC1. The first-order chi connectivity index (χ1) is 11.6. The molecule has 3 nitrogen and oxygen atoms in total. The number of thiophene rings is 1. The van der Waals surface area contributed by atoms with Crippen LogP contribution in [0.2, 0.25) is 0 Å². The van der Waals surface area contributed by atoms with Crippen LogP contribution in [0.15, 0.2) is 35.7 Å².